The topological polar surface area (TPSA) is 84.5 Å². The molecule has 1 amide bonds. The molecular formula is C13H23N3O2. The van der Waals surface area contributed by atoms with E-state index in [-0.39, 0.29) is 23.8 Å². The minimum atomic E-state index is -0.361. The van der Waals surface area contributed by atoms with Crippen LogP contribution in [0, 0.1) is 5.92 Å². The van der Waals surface area contributed by atoms with Crippen molar-refractivity contribution in [3.05, 3.63) is 0 Å². The molecule has 0 saturated carbocycles. The Balaban J connectivity index is 2.09. The van der Waals surface area contributed by atoms with Gasteiger partial charge in [-0.2, -0.15) is 0 Å². The van der Waals surface area contributed by atoms with Crippen LogP contribution < -0.4 is 11.1 Å². The van der Waals surface area contributed by atoms with Crippen LogP contribution in [-0.2, 0) is 9.59 Å². The summed E-state index contributed by atoms with van der Waals surface area (Å²) in [5, 5.41) is 2.88. The Labute approximate surface area is 108 Å². The van der Waals surface area contributed by atoms with Gasteiger partial charge in [0, 0.05) is 12.8 Å². The van der Waals surface area contributed by atoms with Gasteiger partial charge >= 0.3 is 0 Å². The predicted molar refractivity (Wildman–Crippen MR) is 71.6 cm³/mol. The number of ketones is 1. The molecule has 1 aliphatic heterocycles. The highest BCUT2D eigenvalue weighted by Crippen LogP contribution is 2.16. The Morgan fingerprint density at radius 2 is 2.22 bits per heavy atom. The lowest BCUT2D eigenvalue weighted by molar-refractivity contribution is -0.123. The third-order valence-electron chi connectivity index (χ3n) is 3.31. The third-order valence-corrected chi connectivity index (χ3v) is 3.31. The summed E-state index contributed by atoms with van der Waals surface area (Å²) < 4.78 is 0. The lowest BCUT2D eigenvalue weighted by Crippen LogP contribution is -2.36. The van der Waals surface area contributed by atoms with Gasteiger partial charge in [-0.25, -0.2) is 0 Å². The van der Waals surface area contributed by atoms with Gasteiger partial charge in [0.2, 0.25) is 5.91 Å². The molecule has 102 valence electrons. The molecule has 0 aliphatic carbocycles. The van der Waals surface area contributed by atoms with E-state index < -0.39 is 0 Å². The lowest BCUT2D eigenvalue weighted by atomic mass is 10.0. The summed E-state index contributed by atoms with van der Waals surface area (Å²) in [5.41, 5.74) is 5.62. The Morgan fingerprint density at radius 1 is 1.50 bits per heavy atom. The van der Waals surface area contributed by atoms with Crippen LogP contribution in [0.15, 0.2) is 4.99 Å². The summed E-state index contributed by atoms with van der Waals surface area (Å²) in [6, 6.07) is -0.579. The van der Waals surface area contributed by atoms with Crippen molar-refractivity contribution in [2.45, 2.75) is 51.6 Å². The van der Waals surface area contributed by atoms with E-state index in [1.807, 2.05) is 13.1 Å². The van der Waals surface area contributed by atoms with E-state index in [4.69, 9.17) is 5.73 Å². The maximum absolute atomic E-state index is 11.8. The van der Waals surface area contributed by atoms with Gasteiger partial charge < -0.3 is 11.1 Å². The van der Waals surface area contributed by atoms with E-state index in [9.17, 15) is 9.59 Å². The summed E-state index contributed by atoms with van der Waals surface area (Å²) >= 11 is 0. The van der Waals surface area contributed by atoms with E-state index in [0.29, 0.717) is 18.9 Å². The number of carbonyl (C=O) groups is 2. The summed E-state index contributed by atoms with van der Waals surface area (Å²) in [7, 11) is 0. The fraction of sp³-hybridized carbons (Fsp3) is 0.769. The van der Waals surface area contributed by atoms with Gasteiger partial charge in [-0.05, 0) is 38.5 Å². The smallest absolute Gasteiger partial charge is 0.245 e. The van der Waals surface area contributed by atoms with Gasteiger partial charge in [0.25, 0.3) is 0 Å². The number of nitrogens with zero attached hydrogens (tertiary/aromatic N) is 1. The summed E-state index contributed by atoms with van der Waals surface area (Å²) in [5.74, 6) is 0.330. The number of amides is 1. The molecular weight excluding hydrogens is 230 g/mol. The van der Waals surface area contributed by atoms with E-state index in [0.717, 1.165) is 19.3 Å². The van der Waals surface area contributed by atoms with Crippen molar-refractivity contribution in [1.29, 1.82) is 0 Å². The van der Waals surface area contributed by atoms with Crippen LogP contribution in [0.5, 0.6) is 0 Å². The monoisotopic (exact) mass is 253 g/mol. The highest BCUT2D eigenvalue weighted by molar-refractivity contribution is 5.85. The van der Waals surface area contributed by atoms with E-state index in [2.05, 4.69) is 10.3 Å². The van der Waals surface area contributed by atoms with Crippen LogP contribution in [0.1, 0.15) is 39.5 Å². The quantitative estimate of drug-likeness (QED) is 0.654. The summed E-state index contributed by atoms with van der Waals surface area (Å²) in [6.07, 6.45) is 5.08. The van der Waals surface area contributed by atoms with Gasteiger partial charge in [0.05, 0.1) is 6.04 Å². The van der Waals surface area contributed by atoms with E-state index >= 15 is 0 Å². The van der Waals surface area contributed by atoms with Crippen LogP contribution in [0.25, 0.3) is 0 Å². The SMILES string of the molecule is CC(=O)C(N)CCCCNC(=O)C1N=CCC1C. The number of rotatable bonds is 7. The number of carbonyl (C=O) groups excluding carboxylic acids is 2. The zero-order valence-electron chi connectivity index (χ0n) is 11.2. The van der Waals surface area contributed by atoms with Gasteiger partial charge in [-0.3, -0.25) is 14.6 Å². The van der Waals surface area contributed by atoms with Crippen LogP contribution in [0.4, 0.5) is 0 Å². The second-order valence-electron chi connectivity index (χ2n) is 4.99. The van der Waals surface area contributed by atoms with Crippen molar-refractivity contribution in [3.63, 3.8) is 0 Å². The van der Waals surface area contributed by atoms with Crippen LogP contribution in [0.3, 0.4) is 0 Å². The second-order valence-corrected chi connectivity index (χ2v) is 4.99. The van der Waals surface area contributed by atoms with Crippen LogP contribution in [0.2, 0.25) is 0 Å². The largest absolute Gasteiger partial charge is 0.354 e. The lowest BCUT2D eigenvalue weighted by Gasteiger charge is -2.13. The third kappa shape index (κ3) is 4.56. The number of Topliss-reactive ketones (excluding diaryl/α,β-unsaturated/α-hetero) is 1. The molecule has 0 spiro atoms. The van der Waals surface area contributed by atoms with Crippen LogP contribution in [-0.4, -0.2) is 36.5 Å². The molecule has 1 heterocycles. The van der Waals surface area contributed by atoms with Crippen LogP contribution >= 0.6 is 0 Å². The number of unbranched alkanes of at least 4 members (excludes halogenated alkanes) is 1. The predicted octanol–water partition coefficient (Wildman–Crippen LogP) is 0.668. The average Bonchev–Trinajstić information content (AvgIpc) is 2.74. The number of aliphatic imine (C=N–C) groups is 1. The zero-order valence-corrected chi connectivity index (χ0v) is 11.2. The average molecular weight is 253 g/mol. The minimum absolute atomic E-state index is 0.00659. The molecule has 0 aromatic rings. The molecule has 1 aliphatic rings. The molecule has 0 bridgehead atoms. The highest BCUT2D eigenvalue weighted by Gasteiger charge is 2.26. The molecule has 3 atom stereocenters. The van der Waals surface area contributed by atoms with Gasteiger partial charge in [-0.1, -0.05) is 6.92 Å². The molecule has 0 fully saturated rings. The first-order valence-electron chi connectivity index (χ1n) is 6.57. The fourth-order valence-electron chi connectivity index (χ4n) is 1.95. The Kier molecular flexibility index (Phi) is 5.98. The van der Waals surface area contributed by atoms with Crippen molar-refractivity contribution < 1.29 is 9.59 Å². The molecule has 5 nitrogen and oxygen atoms in total. The first-order valence-corrected chi connectivity index (χ1v) is 6.57. The molecule has 0 aromatic heterocycles. The van der Waals surface area contributed by atoms with Gasteiger partial charge in [-0.15, -0.1) is 0 Å². The second kappa shape index (κ2) is 7.26. The van der Waals surface area contributed by atoms with E-state index in [1.165, 1.54) is 6.92 Å². The first-order chi connectivity index (χ1) is 8.52. The number of hydrogen-bond acceptors (Lipinski definition) is 4. The first kappa shape index (κ1) is 14.8. The molecule has 3 unspecified atom stereocenters. The Morgan fingerprint density at radius 3 is 2.78 bits per heavy atom. The molecule has 0 saturated heterocycles. The standard InChI is InChI=1S/C13H23N3O2/c1-9-6-8-15-12(9)13(18)16-7-4-3-5-11(14)10(2)17/h8-9,11-12H,3-7,14H2,1-2H3,(H,16,18). The Hall–Kier alpha value is -1.23. The van der Waals surface area contributed by atoms with Crippen molar-refractivity contribution in [2.24, 2.45) is 16.6 Å². The van der Waals surface area contributed by atoms with Crippen molar-refractivity contribution in [1.82, 2.24) is 5.32 Å². The van der Waals surface area contributed by atoms with Gasteiger partial charge in [0.15, 0.2) is 0 Å². The highest BCUT2D eigenvalue weighted by atomic mass is 16.2. The molecule has 3 N–H and O–H groups in total. The van der Waals surface area contributed by atoms with Crippen molar-refractivity contribution in [3.8, 4) is 0 Å². The summed E-state index contributed by atoms with van der Waals surface area (Å²) in [4.78, 5) is 26.8. The maximum atomic E-state index is 11.8. The molecule has 1 rings (SSSR count). The fourth-order valence-corrected chi connectivity index (χ4v) is 1.95. The maximum Gasteiger partial charge on any atom is 0.245 e. The van der Waals surface area contributed by atoms with E-state index in [1.54, 1.807) is 0 Å². The molecule has 0 radical (unpaired) electrons. The normalized spacial score (nSPS) is 23.9. The zero-order chi connectivity index (χ0) is 13.5. The molecule has 18 heavy (non-hydrogen) atoms. The summed E-state index contributed by atoms with van der Waals surface area (Å²) in [6.45, 7) is 4.16. The number of hydrogen-bond donors (Lipinski definition) is 2. The minimum Gasteiger partial charge on any atom is -0.354 e. The molecule has 5 heteroatoms. The molecule has 0 aromatic carbocycles. The van der Waals surface area contributed by atoms with Crippen molar-refractivity contribution in [2.75, 3.05) is 6.54 Å². The number of nitrogens with two attached hydrogens (primary N) is 1. The number of nitrogens with one attached hydrogen (secondary N) is 1. The van der Waals surface area contributed by atoms with Crippen molar-refractivity contribution >= 4 is 17.9 Å². The Bertz CT molecular complexity index is 328. The van der Waals surface area contributed by atoms with Gasteiger partial charge in [0.1, 0.15) is 11.8 Å².